The summed E-state index contributed by atoms with van der Waals surface area (Å²) in [4.78, 5) is 40.6. The van der Waals surface area contributed by atoms with Crippen molar-refractivity contribution in [1.82, 2.24) is 4.90 Å². The summed E-state index contributed by atoms with van der Waals surface area (Å²) >= 11 is 1.41. The van der Waals surface area contributed by atoms with Gasteiger partial charge in [0.1, 0.15) is 6.04 Å². The van der Waals surface area contributed by atoms with Gasteiger partial charge in [0.15, 0.2) is 0 Å². The first-order valence-electron chi connectivity index (χ1n) is 9.20. The molecule has 30 heavy (non-hydrogen) atoms. The lowest BCUT2D eigenvalue weighted by Crippen LogP contribution is -2.47. The molecular weight excluding hydrogens is 404 g/mol. The van der Waals surface area contributed by atoms with E-state index in [1.54, 1.807) is 12.1 Å². The van der Waals surface area contributed by atoms with Crippen molar-refractivity contribution in [3.63, 3.8) is 0 Å². The predicted molar refractivity (Wildman–Crippen MR) is 108 cm³/mol. The van der Waals surface area contributed by atoms with E-state index in [0.29, 0.717) is 16.2 Å². The standard InChI is InChI=1S/C21H14N4O4S/c1-23-19(26)17-16(11-6-8-12(9-7-11)25(28)29)13(10-22)21-24(18(17)20(23)27)14-4-2-3-5-15(14)30-21/h2-9,16-18H,1H3/t16-,17-,18+/m1/s1. The fourth-order valence-electron chi connectivity index (χ4n) is 4.49. The molecule has 0 unspecified atom stereocenters. The molecule has 3 heterocycles. The van der Waals surface area contributed by atoms with Crippen LogP contribution in [0.2, 0.25) is 0 Å². The van der Waals surface area contributed by atoms with Crippen LogP contribution < -0.4 is 4.90 Å². The number of hydrogen-bond donors (Lipinski definition) is 0. The van der Waals surface area contributed by atoms with Gasteiger partial charge >= 0.3 is 0 Å². The van der Waals surface area contributed by atoms with E-state index < -0.39 is 22.8 Å². The number of likely N-dealkylation sites (tertiary alicyclic amines) is 1. The fraction of sp³-hybridized carbons (Fsp3) is 0.190. The van der Waals surface area contributed by atoms with Crippen molar-refractivity contribution in [3.05, 3.63) is 74.8 Å². The highest BCUT2D eigenvalue weighted by Gasteiger charge is 2.59. The molecule has 5 rings (SSSR count). The first-order chi connectivity index (χ1) is 14.4. The Kier molecular flexibility index (Phi) is 3.95. The lowest BCUT2D eigenvalue weighted by atomic mass is 9.75. The zero-order valence-electron chi connectivity index (χ0n) is 15.7. The molecule has 0 radical (unpaired) electrons. The number of carbonyl (C=O) groups excluding carboxylic acids is 2. The number of non-ortho nitro benzene ring substituents is 1. The lowest BCUT2D eigenvalue weighted by Gasteiger charge is -2.38. The number of thioether (sulfide) groups is 1. The SMILES string of the molecule is CN1C(=O)[C@H]2[C@@H](C1=O)N1C(=C(C#N)[C@H]2c2ccc([N+](=O)[O-])cc2)Sc2ccccc21. The van der Waals surface area contributed by atoms with Crippen molar-refractivity contribution in [2.24, 2.45) is 5.92 Å². The monoisotopic (exact) mass is 418 g/mol. The third kappa shape index (κ3) is 2.34. The van der Waals surface area contributed by atoms with Crippen molar-refractivity contribution in [2.75, 3.05) is 11.9 Å². The predicted octanol–water partition coefficient (Wildman–Crippen LogP) is 3.02. The molecule has 0 N–H and O–H groups in total. The second kappa shape index (κ2) is 6.43. The second-order valence-corrected chi connectivity index (χ2v) is 8.33. The summed E-state index contributed by atoms with van der Waals surface area (Å²) in [5.74, 6) is -2.11. The maximum atomic E-state index is 13.1. The zero-order valence-corrected chi connectivity index (χ0v) is 16.5. The number of nitrogens with zero attached hydrogens (tertiary/aromatic N) is 4. The topological polar surface area (TPSA) is 108 Å². The Labute approximate surface area is 175 Å². The molecule has 1 fully saturated rings. The number of anilines is 1. The summed E-state index contributed by atoms with van der Waals surface area (Å²) < 4.78 is 0. The van der Waals surface area contributed by atoms with E-state index in [1.807, 2.05) is 29.2 Å². The number of benzene rings is 2. The molecule has 0 bridgehead atoms. The quantitative estimate of drug-likeness (QED) is 0.419. The van der Waals surface area contributed by atoms with Gasteiger partial charge in [0, 0.05) is 30.0 Å². The number of carbonyl (C=O) groups is 2. The van der Waals surface area contributed by atoms with Crippen LogP contribution in [0.3, 0.4) is 0 Å². The highest BCUT2D eigenvalue weighted by molar-refractivity contribution is 8.03. The van der Waals surface area contributed by atoms with Gasteiger partial charge in [-0.25, -0.2) is 0 Å². The second-order valence-electron chi connectivity index (χ2n) is 7.30. The van der Waals surface area contributed by atoms with Crippen LogP contribution in [0.4, 0.5) is 11.4 Å². The van der Waals surface area contributed by atoms with E-state index in [9.17, 15) is 25.0 Å². The first kappa shape index (κ1) is 18.4. The molecule has 148 valence electrons. The Hall–Kier alpha value is -3.64. The van der Waals surface area contributed by atoms with Gasteiger partial charge in [-0.05, 0) is 17.7 Å². The van der Waals surface area contributed by atoms with Gasteiger partial charge < -0.3 is 4.90 Å². The average Bonchev–Trinajstić information content (AvgIpc) is 3.24. The van der Waals surface area contributed by atoms with Crippen molar-refractivity contribution in [3.8, 4) is 6.07 Å². The van der Waals surface area contributed by atoms with Crippen LogP contribution in [0.25, 0.3) is 0 Å². The molecule has 9 heteroatoms. The van der Waals surface area contributed by atoms with Crippen LogP contribution in [-0.4, -0.2) is 34.7 Å². The van der Waals surface area contributed by atoms with Crippen LogP contribution in [0.1, 0.15) is 11.5 Å². The van der Waals surface area contributed by atoms with Crippen LogP contribution in [0.15, 0.2) is 64.0 Å². The fourth-order valence-corrected chi connectivity index (χ4v) is 5.71. The number of nitro groups is 1. The van der Waals surface area contributed by atoms with Gasteiger partial charge in [0.05, 0.1) is 33.2 Å². The van der Waals surface area contributed by atoms with Gasteiger partial charge in [-0.15, -0.1) is 0 Å². The lowest BCUT2D eigenvalue weighted by molar-refractivity contribution is -0.384. The number of nitro benzene ring substituents is 1. The summed E-state index contributed by atoms with van der Waals surface area (Å²) in [5, 5.41) is 21.7. The van der Waals surface area contributed by atoms with E-state index in [1.165, 1.54) is 30.9 Å². The number of fused-ring (bicyclic) bond motifs is 5. The largest absolute Gasteiger partial charge is 0.321 e. The number of rotatable bonds is 2. The molecule has 0 saturated carbocycles. The number of imide groups is 1. The van der Waals surface area contributed by atoms with Crippen LogP contribution in [-0.2, 0) is 9.59 Å². The highest BCUT2D eigenvalue weighted by atomic mass is 32.2. The third-order valence-electron chi connectivity index (χ3n) is 5.85. The minimum atomic E-state index is -0.783. The molecule has 1 saturated heterocycles. The van der Waals surface area contributed by atoms with Gasteiger partial charge in [-0.1, -0.05) is 36.0 Å². The van der Waals surface area contributed by atoms with Gasteiger partial charge in [-0.2, -0.15) is 5.26 Å². The summed E-state index contributed by atoms with van der Waals surface area (Å²) in [7, 11) is 1.46. The van der Waals surface area contributed by atoms with Crippen molar-refractivity contribution < 1.29 is 14.5 Å². The van der Waals surface area contributed by atoms with Crippen LogP contribution in [0, 0.1) is 27.4 Å². The Bertz CT molecular complexity index is 1200. The molecule has 3 aliphatic rings. The molecule has 3 atom stereocenters. The van der Waals surface area contributed by atoms with Crippen LogP contribution >= 0.6 is 11.8 Å². The summed E-state index contributed by atoms with van der Waals surface area (Å²) in [6, 6.07) is 14.9. The summed E-state index contributed by atoms with van der Waals surface area (Å²) in [5.41, 5.74) is 1.72. The average molecular weight is 418 g/mol. The Morgan fingerprint density at radius 2 is 1.80 bits per heavy atom. The van der Waals surface area contributed by atoms with E-state index in [2.05, 4.69) is 6.07 Å². The number of allylic oxidation sites excluding steroid dienone is 1. The normalized spacial score (nSPS) is 24.5. The smallest absolute Gasteiger partial charge is 0.269 e. The first-order valence-corrected chi connectivity index (χ1v) is 10.0. The molecule has 2 amide bonds. The maximum absolute atomic E-state index is 13.1. The zero-order chi connectivity index (χ0) is 21.2. The minimum Gasteiger partial charge on any atom is -0.321 e. The summed E-state index contributed by atoms with van der Waals surface area (Å²) in [6.07, 6.45) is 0. The molecule has 0 aromatic heterocycles. The van der Waals surface area contributed by atoms with E-state index >= 15 is 0 Å². The molecule has 0 spiro atoms. The van der Waals surface area contributed by atoms with Gasteiger partial charge in [-0.3, -0.25) is 24.6 Å². The third-order valence-corrected chi connectivity index (χ3v) is 7.03. The number of hydrogen-bond acceptors (Lipinski definition) is 7. The van der Waals surface area contributed by atoms with Gasteiger partial charge in [0.25, 0.3) is 11.6 Å². The highest BCUT2D eigenvalue weighted by Crippen LogP contribution is 2.57. The number of nitriles is 1. The van der Waals surface area contributed by atoms with Crippen molar-refractivity contribution in [1.29, 1.82) is 5.26 Å². The van der Waals surface area contributed by atoms with E-state index in [-0.39, 0.29) is 17.5 Å². The molecule has 2 aromatic carbocycles. The molecule has 3 aliphatic heterocycles. The maximum Gasteiger partial charge on any atom is 0.269 e. The van der Waals surface area contributed by atoms with Crippen LogP contribution in [0.5, 0.6) is 0 Å². The number of likely N-dealkylation sites (N-methyl/N-ethyl adjacent to an activating group) is 1. The number of amides is 2. The van der Waals surface area contributed by atoms with E-state index in [4.69, 9.17) is 0 Å². The summed E-state index contributed by atoms with van der Waals surface area (Å²) in [6.45, 7) is 0. The van der Waals surface area contributed by atoms with E-state index in [0.717, 1.165) is 15.5 Å². The Balaban J connectivity index is 1.74. The Morgan fingerprint density at radius 1 is 1.10 bits per heavy atom. The van der Waals surface area contributed by atoms with Gasteiger partial charge in [0.2, 0.25) is 5.91 Å². The van der Waals surface area contributed by atoms with Crippen molar-refractivity contribution >= 4 is 35.0 Å². The molecular formula is C21H14N4O4S. The van der Waals surface area contributed by atoms with Crippen molar-refractivity contribution in [2.45, 2.75) is 16.9 Å². The molecule has 2 aromatic rings. The minimum absolute atomic E-state index is 0.0764. The molecule has 8 nitrogen and oxygen atoms in total. The Morgan fingerprint density at radius 3 is 2.47 bits per heavy atom. The molecule has 0 aliphatic carbocycles. The number of para-hydroxylation sites is 1.